The van der Waals surface area contributed by atoms with Gasteiger partial charge in [-0.05, 0) is 0 Å². The van der Waals surface area contributed by atoms with Crippen LogP contribution in [0.1, 0.15) is 12.1 Å². The molecule has 3 N–H and O–H groups in total. The number of halogens is 3. The van der Waals surface area contributed by atoms with Gasteiger partial charge in [-0.3, -0.25) is 4.79 Å². The second-order valence-electron chi connectivity index (χ2n) is 3.33. The summed E-state index contributed by atoms with van der Waals surface area (Å²) in [5.74, 6) is -0.553. The van der Waals surface area contributed by atoms with Crippen molar-refractivity contribution in [3.63, 3.8) is 0 Å². The van der Waals surface area contributed by atoms with Crippen LogP contribution in [0.3, 0.4) is 0 Å². The van der Waals surface area contributed by atoms with Crippen molar-refractivity contribution in [1.29, 1.82) is 0 Å². The Morgan fingerprint density at radius 2 is 2.24 bits per heavy atom. The maximum Gasteiger partial charge on any atom is 0.390 e. The zero-order valence-electron chi connectivity index (χ0n) is 8.87. The maximum atomic E-state index is 11.8. The van der Waals surface area contributed by atoms with Gasteiger partial charge in [-0.2, -0.15) is 13.2 Å². The molecule has 96 valence electrons. The molecule has 17 heavy (non-hydrogen) atoms. The van der Waals surface area contributed by atoms with Gasteiger partial charge in [-0.15, -0.1) is 5.10 Å². The normalized spacial score (nSPS) is 11.5. The molecule has 1 heterocycles. The highest BCUT2D eigenvalue weighted by Gasteiger charge is 2.26. The van der Waals surface area contributed by atoms with Crippen LogP contribution in [-0.2, 0) is 17.9 Å². The number of hydrogen-bond donors (Lipinski definition) is 2. The Balaban J connectivity index is 2.30. The van der Waals surface area contributed by atoms with Crippen molar-refractivity contribution in [3.8, 4) is 0 Å². The molecule has 1 aromatic rings. The lowest BCUT2D eigenvalue weighted by Crippen LogP contribution is -2.31. The van der Waals surface area contributed by atoms with Gasteiger partial charge in [0.1, 0.15) is 6.54 Å². The van der Waals surface area contributed by atoms with E-state index in [-0.39, 0.29) is 13.1 Å². The van der Waals surface area contributed by atoms with Gasteiger partial charge in [0.2, 0.25) is 5.91 Å². The van der Waals surface area contributed by atoms with Crippen molar-refractivity contribution in [2.75, 3.05) is 6.54 Å². The van der Waals surface area contributed by atoms with Crippen LogP contribution in [0.4, 0.5) is 13.2 Å². The predicted octanol–water partition coefficient (Wildman–Crippen LogP) is -0.195. The van der Waals surface area contributed by atoms with Gasteiger partial charge in [0.15, 0.2) is 0 Å². The summed E-state index contributed by atoms with van der Waals surface area (Å²) in [5, 5.41) is 9.36. The fourth-order valence-electron chi connectivity index (χ4n) is 1.06. The van der Waals surface area contributed by atoms with Gasteiger partial charge >= 0.3 is 6.18 Å². The van der Waals surface area contributed by atoms with E-state index >= 15 is 0 Å². The van der Waals surface area contributed by atoms with Crippen molar-refractivity contribution in [2.45, 2.75) is 25.7 Å². The van der Waals surface area contributed by atoms with E-state index < -0.39 is 25.0 Å². The molecule has 0 fully saturated rings. The Morgan fingerprint density at radius 3 is 2.76 bits per heavy atom. The Bertz CT molecular complexity index is 375. The van der Waals surface area contributed by atoms with Gasteiger partial charge in [0.05, 0.1) is 18.3 Å². The third kappa shape index (κ3) is 5.29. The summed E-state index contributed by atoms with van der Waals surface area (Å²) in [5.41, 5.74) is 5.79. The molecule has 9 heteroatoms. The first kappa shape index (κ1) is 13.4. The fourth-order valence-corrected chi connectivity index (χ4v) is 1.06. The lowest BCUT2D eigenvalue weighted by molar-refractivity contribution is -0.135. The van der Waals surface area contributed by atoms with Crippen LogP contribution < -0.4 is 11.1 Å². The first-order valence-corrected chi connectivity index (χ1v) is 4.83. The topological polar surface area (TPSA) is 85.8 Å². The van der Waals surface area contributed by atoms with Crippen LogP contribution in [0.25, 0.3) is 0 Å². The van der Waals surface area contributed by atoms with Gasteiger partial charge < -0.3 is 11.1 Å². The Hall–Kier alpha value is -1.64. The monoisotopic (exact) mass is 251 g/mol. The summed E-state index contributed by atoms with van der Waals surface area (Å²) >= 11 is 0. The number of nitrogens with one attached hydrogen (secondary N) is 1. The zero-order chi connectivity index (χ0) is 12.9. The molecule has 0 bridgehead atoms. The Kier molecular flexibility index (Phi) is 4.44. The number of carbonyl (C=O) groups excluding carboxylic acids is 1. The number of nitrogens with zero attached hydrogens (tertiary/aromatic N) is 3. The van der Waals surface area contributed by atoms with E-state index in [4.69, 9.17) is 5.73 Å². The highest BCUT2D eigenvalue weighted by Crippen LogP contribution is 2.17. The second-order valence-corrected chi connectivity index (χ2v) is 3.33. The minimum atomic E-state index is -4.27. The number of carbonyl (C=O) groups is 1. The maximum absolute atomic E-state index is 11.8. The van der Waals surface area contributed by atoms with Crippen LogP contribution in [0.2, 0.25) is 0 Å². The summed E-state index contributed by atoms with van der Waals surface area (Å²) in [6.45, 7) is -0.429. The van der Waals surface area contributed by atoms with Crippen LogP contribution in [0.15, 0.2) is 6.20 Å². The third-order valence-corrected chi connectivity index (χ3v) is 1.83. The van der Waals surface area contributed by atoms with Crippen LogP contribution in [0.5, 0.6) is 0 Å². The minimum Gasteiger partial charge on any atom is -0.354 e. The van der Waals surface area contributed by atoms with Crippen molar-refractivity contribution < 1.29 is 18.0 Å². The van der Waals surface area contributed by atoms with E-state index in [1.807, 2.05) is 0 Å². The molecular weight excluding hydrogens is 239 g/mol. The molecule has 0 aromatic carbocycles. The van der Waals surface area contributed by atoms with E-state index in [1.54, 1.807) is 0 Å². The van der Waals surface area contributed by atoms with Crippen molar-refractivity contribution in [3.05, 3.63) is 11.9 Å². The Labute approximate surface area is 95.0 Å². The first-order chi connectivity index (χ1) is 7.90. The lowest BCUT2D eigenvalue weighted by atomic mass is 10.4. The number of hydrogen-bond acceptors (Lipinski definition) is 4. The number of alkyl halides is 3. The molecule has 1 aromatic heterocycles. The number of rotatable bonds is 5. The van der Waals surface area contributed by atoms with Gasteiger partial charge in [0.25, 0.3) is 0 Å². The molecule has 0 spiro atoms. The molecule has 0 unspecified atom stereocenters. The third-order valence-electron chi connectivity index (χ3n) is 1.83. The van der Waals surface area contributed by atoms with Crippen molar-refractivity contribution >= 4 is 5.91 Å². The highest BCUT2D eigenvalue weighted by molar-refractivity contribution is 5.75. The van der Waals surface area contributed by atoms with Crippen LogP contribution >= 0.6 is 0 Å². The summed E-state index contributed by atoms with van der Waals surface area (Å²) in [7, 11) is 0. The van der Waals surface area contributed by atoms with E-state index in [2.05, 4.69) is 15.6 Å². The minimum absolute atomic E-state index is 0.176. The van der Waals surface area contributed by atoms with Crippen molar-refractivity contribution in [1.82, 2.24) is 20.3 Å². The standard InChI is InChI=1S/C8H12F3N5O/c9-8(10,11)1-2-13-7(17)5-16-4-6(3-12)14-15-16/h4H,1-3,5,12H2,(H,13,17). The number of amides is 1. The zero-order valence-corrected chi connectivity index (χ0v) is 8.87. The smallest absolute Gasteiger partial charge is 0.354 e. The molecule has 0 saturated carbocycles. The average molecular weight is 251 g/mol. The lowest BCUT2D eigenvalue weighted by Gasteiger charge is -2.07. The molecule has 0 aliphatic carbocycles. The first-order valence-electron chi connectivity index (χ1n) is 4.83. The van der Waals surface area contributed by atoms with Crippen LogP contribution in [0, 0.1) is 0 Å². The quantitative estimate of drug-likeness (QED) is 0.759. The van der Waals surface area contributed by atoms with Gasteiger partial charge in [-0.25, -0.2) is 4.68 Å². The largest absolute Gasteiger partial charge is 0.390 e. The molecule has 0 aliphatic heterocycles. The number of aromatic nitrogens is 3. The van der Waals surface area contributed by atoms with Gasteiger partial charge in [0, 0.05) is 13.1 Å². The predicted molar refractivity (Wildman–Crippen MR) is 51.6 cm³/mol. The molecule has 0 radical (unpaired) electrons. The fraction of sp³-hybridized carbons (Fsp3) is 0.625. The van der Waals surface area contributed by atoms with Gasteiger partial charge in [-0.1, -0.05) is 5.21 Å². The SMILES string of the molecule is NCc1cn(CC(=O)NCCC(F)(F)F)nn1. The molecule has 1 amide bonds. The van der Waals surface area contributed by atoms with E-state index in [0.717, 1.165) is 0 Å². The molecule has 1 rings (SSSR count). The number of nitrogens with two attached hydrogens (primary N) is 1. The molecule has 0 saturated heterocycles. The van der Waals surface area contributed by atoms with E-state index in [9.17, 15) is 18.0 Å². The molecule has 6 nitrogen and oxygen atoms in total. The van der Waals surface area contributed by atoms with E-state index in [0.29, 0.717) is 5.69 Å². The van der Waals surface area contributed by atoms with E-state index in [1.165, 1.54) is 10.9 Å². The molecule has 0 aliphatic rings. The Morgan fingerprint density at radius 1 is 1.53 bits per heavy atom. The molecule has 0 atom stereocenters. The van der Waals surface area contributed by atoms with Crippen molar-refractivity contribution in [2.24, 2.45) is 5.73 Å². The summed E-state index contributed by atoms with van der Waals surface area (Å²) in [6.07, 6.45) is -3.86. The van der Waals surface area contributed by atoms with Crippen LogP contribution in [-0.4, -0.2) is 33.6 Å². The summed E-state index contributed by atoms with van der Waals surface area (Å²) < 4.78 is 36.6. The molecular formula is C8H12F3N5O. The summed E-state index contributed by atoms with van der Waals surface area (Å²) in [4.78, 5) is 11.2. The second kappa shape index (κ2) is 5.62. The average Bonchev–Trinajstić information content (AvgIpc) is 2.63. The summed E-state index contributed by atoms with van der Waals surface area (Å²) in [6, 6.07) is 0. The highest BCUT2D eigenvalue weighted by atomic mass is 19.4.